The average Bonchev–Trinajstić information content (AvgIpc) is 3.67. The highest BCUT2D eigenvalue weighted by Crippen LogP contribution is 2.49. The molecule has 0 saturated carbocycles. The largest absolute Gasteiger partial charge is 0.488 e. The smallest absolute Gasteiger partial charge is 0.311 e. The van der Waals surface area contributed by atoms with Gasteiger partial charge in [-0.3, -0.25) is 4.79 Å². The number of rotatable bonds is 18. The molecule has 2 unspecified atom stereocenters. The second-order valence-electron chi connectivity index (χ2n) is 21.7. The van der Waals surface area contributed by atoms with Crippen molar-refractivity contribution in [3.05, 3.63) is 119 Å². The zero-order valence-corrected chi connectivity index (χ0v) is 44.6. The predicted molar refractivity (Wildman–Crippen MR) is 271 cm³/mol. The van der Waals surface area contributed by atoms with Gasteiger partial charge in [0.15, 0.2) is 12.6 Å². The van der Waals surface area contributed by atoms with E-state index in [2.05, 4.69) is 45.0 Å². The van der Waals surface area contributed by atoms with E-state index in [1.165, 1.54) is 0 Å². The van der Waals surface area contributed by atoms with Crippen molar-refractivity contribution in [2.45, 2.75) is 199 Å². The summed E-state index contributed by atoms with van der Waals surface area (Å²) in [6.45, 7) is 20.7. The van der Waals surface area contributed by atoms with Crippen molar-refractivity contribution < 1.29 is 57.3 Å². The van der Waals surface area contributed by atoms with E-state index < -0.39 is 95.8 Å². The molecule has 0 spiro atoms. The van der Waals surface area contributed by atoms with Gasteiger partial charge in [-0.25, -0.2) is 0 Å². The fraction of sp³-hybridized carbons (Fsp3) is 0.638. The minimum absolute atomic E-state index is 0.0429. The van der Waals surface area contributed by atoms with Crippen molar-refractivity contribution >= 4 is 5.97 Å². The third-order valence-electron chi connectivity index (χ3n) is 15.7. The van der Waals surface area contributed by atoms with E-state index in [0.717, 1.165) is 28.7 Å². The van der Waals surface area contributed by atoms with Crippen molar-refractivity contribution in [3.63, 3.8) is 0 Å². The van der Waals surface area contributed by atoms with Gasteiger partial charge in [0.05, 0.1) is 61.7 Å². The lowest BCUT2D eigenvalue weighted by atomic mass is 9.78. The van der Waals surface area contributed by atoms with E-state index >= 15 is 4.79 Å². The van der Waals surface area contributed by atoms with Crippen LogP contribution in [0.3, 0.4) is 0 Å². The molecule has 4 aliphatic heterocycles. The van der Waals surface area contributed by atoms with Gasteiger partial charge in [-0.2, -0.15) is 0 Å². The molecule has 2 bridgehead atoms. The van der Waals surface area contributed by atoms with E-state index in [-0.39, 0.29) is 18.8 Å². The number of esters is 1. The number of likely N-dealkylation sites (N-methyl/N-ethyl adjacent to an activating group) is 1. The van der Waals surface area contributed by atoms with Crippen LogP contribution in [0, 0.1) is 17.8 Å². The first-order valence-corrected chi connectivity index (χ1v) is 25.9. The highest BCUT2D eigenvalue weighted by atomic mass is 16.7. The van der Waals surface area contributed by atoms with Crippen LogP contribution in [0.4, 0.5) is 0 Å². The van der Waals surface area contributed by atoms with Crippen LogP contribution >= 0.6 is 0 Å². The number of fused-ring (bicyclic) bond motifs is 2. The Morgan fingerprint density at radius 1 is 0.789 bits per heavy atom. The van der Waals surface area contributed by atoms with Crippen LogP contribution in [-0.2, 0) is 72.0 Å². The molecule has 3 aromatic rings. The number of ether oxygens (including phenoxy) is 10. The molecule has 3 fully saturated rings. The van der Waals surface area contributed by atoms with Crippen LogP contribution in [0.5, 0.6) is 0 Å². The molecule has 392 valence electrons. The minimum atomic E-state index is -1.66. The van der Waals surface area contributed by atoms with Crippen molar-refractivity contribution in [1.29, 1.82) is 0 Å². The Morgan fingerprint density at radius 3 is 1.93 bits per heavy atom. The maximum atomic E-state index is 15.2. The average molecular weight is 986 g/mol. The lowest BCUT2D eigenvalue weighted by Gasteiger charge is -2.49. The standard InChI is InChI=1S/C58H83NO12/c1-14-46(63-33-42-24-18-15-19-25-42)58(10,61)52-38(4)48-36(2)31-57(9,71-48)51(70-55-50(45(59(11)12)30-37(3)66-55)64-34-43-26-20-16-21-27-43)39(5)49(40(6)54(60)69-52)68-47-32-56(8,62-13)53(41(7)67-47)65-35-44-28-22-17-23-29-44/h15-29,37-41,45-47,49-53,55,61H,14,30-35H2,1-13H3/t37-,38-,39+,40-,41+,45+,46-,47?,49+,50-,51-,52-,53+,55?,56-,57-,58-/m1/s1. The zero-order valence-electron chi connectivity index (χ0n) is 44.6. The third kappa shape index (κ3) is 12.6. The minimum Gasteiger partial charge on any atom is -0.488 e. The number of carbonyl (C=O) groups excluding carboxylic acids is 1. The summed E-state index contributed by atoms with van der Waals surface area (Å²) in [4.78, 5) is 17.3. The summed E-state index contributed by atoms with van der Waals surface area (Å²) < 4.78 is 68.4. The first kappa shape index (κ1) is 55.0. The van der Waals surface area contributed by atoms with Crippen molar-refractivity contribution in [3.8, 4) is 0 Å². The van der Waals surface area contributed by atoms with Gasteiger partial charge in [0.2, 0.25) is 0 Å². The summed E-state index contributed by atoms with van der Waals surface area (Å²) in [5.41, 5.74) is 0.514. The maximum absolute atomic E-state index is 15.2. The Kier molecular flexibility index (Phi) is 18.3. The Labute approximate surface area is 423 Å². The lowest BCUT2D eigenvalue weighted by molar-refractivity contribution is -0.323. The molecule has 0 aliphatic carbocycles. The third-order valence-corrected chi connectivity index (χ3v) is 15.7. The van der Waals surface area contributed by atoms with Crippen LogP contribution in [0.1, 0.15) is 112 Å². The molecule has 13 heteroatoms. The van der Waals surface area contributed by atoms with Gasteiger partial charge < -0.3 is 57.4 Å². The number of hydrogen-bond donors (Lipinski definition) is 1. The van der Waals surface area contributed by atoms with E-state index in [1.54, 1.807) is 14.0 Å². The van der Waals surface area contributed by atoms with Gasteiger partial charge in [-0.15, -0.1) is 0 Å². The molecular weight excluding hydrogens is 903 g/mol. The molecule has 0 aromatic heterocycles. The second kappa shape index (κ2) is 23.6. The SMILES string of the molecule is CC[C@@H](OCc1ccccc1)[C@@](C)(O)[C@@H]1OC(=O)[C@H](C)[C@@H](OC2C[C@@](C)(OC)[C@@H](OCc3ccccc3)[C@H](C)O2)[C@H](C)[C@@H](OC2O[C@H](C)C[C@H](N(C)C)[C@H]2OCc2ccccc2)[C@@]2(C)CC(C)=C(O2)[C@H]1C. The zero-order chi connectivity index (χ0) is 51.3. The van der Waals surface area contributed by atoms with Gasteiger partial charge in [0, 0.05) is 31.9 Å². The predicted octanol–water partition coefficient (Wildman–Crippen LogP) is 9.57. The summed E-state index contributed by atoms with van der Waals surface area (Å²) in [5, 5.41) is 12.8. The van der Waals surface area contributed by atoms with Crippen LogP contribution in [-0.4, -0.2) is 121 Å². The molecule has 4 heterocycles. The Hall–Kier alpha value is -3.73. The fourth-order valence-electron chi connectivity index (χ4n) is 11.8. The number of methoxy groups -OCH3 is 1. The van der Waals surface area contributed by atoms with Crippen LogP contribution in [0.2, 0.25) is 0 Å². The van der Waals surface area contributed by atoms with E-state index in [9.17, 15) is 5.11 Å². The maximum Gasteiger partial charge on any atom is 0.311 e. The van der Waals surface area contributed by atoms with E-state index in [4.69, 9.17) is 47.4 Å². The summed E-state index contributed by atoms with van der Waals surface area (Å²) in [6, 6.07) is 29.9. The second-order valence-corrected chi connectivity index (χ2v) is 21.7. The molecule has 71 heavy (non-hydrogen) atoms. The highest BCUT2D eigenvalue weighted by Gasteiger charge is 2.57. The van der Waals surface area contributed by atoms with E-state index in [1.807, 2.05) is 127 Å². The van der Waals surface area contributed by atoms with Gasteiger partial charge in [-0.1, -0.05) is 112 Å². The Morgan fingerprint density at radius 2 is 1.37 bits per heavy atom. The highest BCUT2D eigenvalue weighted by molar-refractivity contribution is 5.73. The Bertz CT molecular complexity index is 2180. The van der Waals surface area contributed by atoms with Crippen LogP contribution in [0.25, 0.3) is 0 Å². The number of hydrogen-bond acceptors (Lipinski definition) is 13. The molecule has 0 amide bonds. The molecule has 17 atom stereocenters. The van der Waals surface area contributed by atoms with Gasteiger partial charge in [0.1, 0.15) is 41.4 Å². The van der Waals surface area contributed by atoms with Crippen molar-refractivity contribution in [2.24, 2.45) is 17.8 Å². The fourth-order valence-corrected chi connectivity index (χ4v) is 11.8. The summed E-state index contributed by atoms with van der Waals surface area (Å²) >= 11 is 0. The van der Waals surface area contributed by atoms with Gasteiger partial charge in [-0.05, 0) is 97.7 Å². The normalized spacial score (nSPS) is 36.1. The molecule has 7 rings (SSSR count). The topological polar surface area (TPSA) is 133 Å². The first-order valence-electron chi connectivity index (χ1n) is 25.9. The molecule has 3 aromatic carbocycles. The van der Waals surface area contributed by atoms with Crippen LogP contribution < -0.4 is 0 Å². The van der Waals surface area contributed by atoms with Crippen molar-refractivity contribution in [2.75, 3.05) is 21.2 Å². The summed E-state index contributed by atoms with van der Waals surface area (Å²) in [6.07, 6.45) is -4.62. The summed E-state index contributed by atoms with van der Waals surface area (Å²) in [5.74, 6) is -1.94. The van der Waals surface area contributed by atoms with Gasteiger partial charge in [0.25, 0.3) is 0 Å². The number of carbonyl (C=O) groups is 1. The number of nitrogens with zero attached hydrogens (tertiary/aromatic N) is 1. The molecule has 4 aliphatic rings. The summed E-state index contributed by atoms with van der Waals surface area (Å²) in [7, 11) is 5.80. The number of cyclic esters (lactones) is 1. The molecule has 3 saturated heterocycles. The molecular formula is C58H83NO12. The monoisotopic (exact) mass is 986 g/mol. The molecule has 1 N–H and O–H groups in total. The number of aliphatic hydroxyl groups is 1. The van der Waals surface area contributed by atoms with Crippen molar-refractivity contribution in [1.82, 2.24) is 4.90 Å². The lowest BCUT2D eigenvalue weighted by Crippen LogP contribution is -2.61. The Balaban J connectivity index is 1.26. The van der Waals surface area contributed by atoms with E-state index in [0.29, 0.717) is 38.2 Å². The van der Waals surface area contributed by atoms with Gasteiger partial charge >= 0.3 is 5.97 Å². The number of benzene rings is 3. The first-order chi connectivity index (χ1) is 33.8. The quantitative estimate of drug-likeness (QED) is 0.122. The molecule has 0 radical (unpaired) electrons. The molecule has 13 nitrogen and oxygen atoms in total. The van der Waals surface area contributed by atoms with Crippen LogP contribution in [0.15, 0.2) is 102 Å².